The number of benzene rings is 2. The van der Waals surface area contributed by atoms with E-state index in [2.05, 4.69) is 5.32 Å². The smallest absolute Gasteiger partial charge is 0.337 e. The summed E-state index contributed by atoms with van der Waals surface area (Å²) in [6, 6.07) is 12.6. The van der Waals surface area contributed by atoms with Crippen molar-refractivity contribution in [1.82, 2.24) is 0 Å². The van der Waals surface area contributed by atoms with Crippen molar-refractivity contribution in [3.05, 3.63) is 48.0 Å². The highest BCUT2D eigenvalue weighted by atomic mass is 32.2. The maximum Gasteiger partial charge on any atom is 0.337 e. The van der Waals surface area contributed by atoms with E-state index in [9.17, 15) is 4.79 Å². The van der Waals surface area contributed by atoms with Crippen LogP contribution in [0, 0.1) is 0 Å². The minimum Gasteiger partial charge on any atom is -0.478 e. The van der Waals surface area contributed by atoms with Gasteiger partial charge in [-0.1, -0.05) is 6.07 Å². The second-order valence-electron chi connectivity index (χ2n) is 3.97. The highest BCUT2D eigenvalue weighted by molar-refractivity contribution is 7.98. The van der Waals surface area contributed by atoms with Crippen molar-refractivity contribution < 1.29 is 9.90 Å². The van der Waals surface area contributed by atoms with Crippen LogP contribution in [0.3, 0.4) is 0 Å². The summed E-state index contributed by atoms with van der Waals surface area (Å²) in [6.45, 7) is 0. The number of hydrogen-bond acceptors (Lipinski definition) is 4. The number of hydrogen-bond donors (Lipinski definition) is 3. The van der Waals surface area contributed by atoms with Crippen molar-refractivity contribution in [2.45, 2.75) is 4.90 Å². The van der Waals surface area contributed by atoms with E-state index in [0.29, 0.717) is 11.4 Å². The van der Waals surface area contributed by atoms with E-state index >= 15 is 0 Å². The van der Waals surface area contributed by atoms with Crippen LogP contribution in [-0.2, 0) is 0 Å². The number of carboxylic acid groups (broad SMARTS) is 1. The van der Waals surface area contributed by atoms with E-state index < -0.39 is 5.97 Å². The summed E-state index contributed by atoms with van der Waals surface area (Å²) in [5.74, 6) is -1.00. The SMILES string of the molecule is CSc1cccc(Nc2ccc(N)cc2C(=O)O)c1. The van der Waals surface area contributed by atoms with Crippen LogP contribution in [0.5, 0.6) is 0 Å². The van der Waals surface area contributed by atoms with Crippen molar-refractivity contribution in [1.29, 1.82) is 0 Å². The van der Waals surface area contributed by atoms with E-state index in [0.717, 1.165) is 10.6 Å². The Kier molecular flexibility index (Phi) is 3.97. The number of nitrogens with two attached hydrogens (primary N) is 1. The predicted octanol–water partition coefficient (Wildman–Crippen LogP) is 3.43. The van der Waals surface area contributed by atoms with Crippen molar-refractivity contribution in [2.75, 3.05) is 17.3 Å². The molecule has 4 N–H and O–H groups in total. The molecule has 2 aromatic rings. The fraction of sp³-hybridized carbons (Fsp3) is 0.0714. The van der Waals surface area contributed by atoms with Crippen LogP contribution in [0.15, 0.2) is 47.4 Å². The Morgan fingerprint density at radius 3 is 2.74 bits per heavy atom. The standard InChI is InChI=1S/C14H14N2O2S/c1-19-11-4-2-3-10(8-11)16-13-6-5-9(15)7-12(13)14(17)18/h2-8,16H,15H2,1H3,(H,17,18). The fourth-order valence-corrected chi connectivity index (χ4v) is 2.16. The van der Waals surface area contributed by atoms with Crippen molar-refractivity contribution >= 4 is 34.8 Å². The van der Waals surface area contributed by atoms with Crippen molar-refractivity contribution in [3.8, 4) is 0 Å². The molecule has 0 heterocycles. The third-order valence-corrected chi connectivity index (χ3v) is 3.35. The minimum atomic E-state index is -1.00. The second kappa shape index (κ2) is 5.67. The fourth-order valence-electron chi connectivity index (χ4n) is 1.70. The van der Waals surface area contributed by atoms with Crippen LogP contribution >= 0.6 is 11.8 Å². The topological polar surface area (TPSA) is 75.3 Å². The molecule has 0 fully saturated rings. The molecule has 0 spiro atoms. The van der Waals surface area contributed by atoms with Gasteiger partial charge in [0.2, 0.25) is 0 Å². The molecule has 19 heavy (non-hydrogen) atoms. The number of thioether (sulfide) groups is 1. The van der Waals surface area contributed by atoms with Crippen molar-refractivity contribution in [3.63, 3.8) is 0 Å². The summed E-state index contributed by atoms with van der Waals surface area (Å²) in [4.78, 5) is 12.3. The summed E-state index contributed by atoms with van der Waals surface area (Å²) < 4.78 is 0. The molecule has 0 bridgehead atoms. The van der Waals surface area contributed by atoms with Crippen LogP contribution < -0.4 is 11.1 Å². The number of carbonyl (C=O) groups is 1. The molecular weight excluding hydrogens is 260 g/mol. The molecule has 0 amide bonds. The first-order valence-electron chi connectivity index (χ1n) is 5.64. The Balaban J connectivity index is 2.34. The normalized spacial score (nSPS) is 10.2. The van der Waals surface area contributed by atoms with E-state index in [1.165, 1.54) is 6.07 Å². The highest BCUT2D eigenvalue weighted by Crippen LogP contribution is 2.25. The Hall–Kier alpha value is -2.14. The number of aromatic carboxylic acids is 1. The molecule has 0 aliphatic heterocycles. The maximum absolute atomic E-state index is 11.2. The largest absolute Gasteiger partial charge is 0.478 e. The zero-order valence-electron chi connectivity index (χ0n) is 10.4. The van der Waals surface area contributed by atoms with Crippen molar-refractivity contribution in [2.24, 2.45) is 0 Å². The summed E-state index contributed by atoms with van der Waals surface area (Å²) in [7, 11) is 0. The van der Waals surface area contributed by atoms with Crippen LogP contribution in [0.4, 0.5) is 17.1 Å². The van der Waals surface area contributed by atoms with Gasteiger partial charge in [0.15, 0.2) is 0 Å². The van der Waals surface area contributed by atoms with Gasteiger partial charge in [0.25, 0.3) is 0 Å². The molecule has 0 atom stereocenters. The number of nitrogens with one attached hydrogen (secondary N) is 1. The first-order valence-corrected chi connectivity index (χ1v) is 6.86. The summed E-state index contributed by atoms with van der Waals surface area (Å²) in [5, 5.41) is 12.3. The Labute approximate surface area is 115 Å². The van der Waals surface area contributed by atoms with Gasteiger partial charge >= 0.3 is 5.97 Å². The lowest BCUT2D eigenvalue weighted by Gasteiger charge is -2.11. The Morgan fingerprint density at radius 1 is 1.26 bits per heavy atom. The van der Waals surface area contributed by atoms with Gasteiger partial charge in [-0.2, -0.15) is 0 Å². The predicted molar refractivity (Wildman–Crippen MR) is 79.3 cm³/mol. The molecule has 2 aromatic carbocycles. The molecule has 0 aromatic heterocycles. The molecule has 0 aliphatic rings. The number of anilines is 3. The highest BCUT2D eigenvalue weighted by Gasteiger charge is 2.10. The average Bonchev–Trinajstić information content (AvgIpc) is 2.41. The molecule has 0 saturated carbocycles. The maximum atomic E-state index is 11.2. The minimum absolute atomic E-state index is 0.162. The van der Waals surface area contributed by atoms with Crippen LogP contribution in [-0.4, -0.2) is 17.3 Å². The van der Waals surface area contributed by atoms with Gasteiger partial charge in [-0.25, -0.2) is 4.79 Å². The third kappa shape index (κ3) is 3.20. The van der Waals surface area contributed by atoms with Gasteiger partial charge in [-0.15, -0.1) is 11.8 Å². The molecule has 2 rings (SSSR count). The Bertz CT molecular complexity index is 614. The van der Waals surface area contributed by atoms with Gasteiger partial charge in [-0.05, 0) is 42.7 Å². The molecule has 0 saturated heterocycles. The zero-order chi connectivity index (χ0) is 13.8. The summed E-state index contributed by atoms with van der Waals surface area (Å²) in [6.07, 6.45) is 1.99. The zero-order valence-corrected chi connectivity index (χ0v) is 11.2. The van der Waals surface area contributed by atoms with Gasteiger partial charge < -0.3 is 16.2 Å². The van der Waals surface area contributed by atoms with Crippen LogP contribution in [0.1, 0.15) is 10.4 Å². The van der Waals surface area contributed by atoms with E-state index in [-0.39, 0.29) is 5.56 Å². The summed E-state index contributed by atoms with van der Waals surface area (Å²) >= 11 is 1.63. The monoisotopic (exact) mass is 274 g/mol. The molecule has 5 heteroatoms. The van der Waals surface area contributed by atoms with Gasteiger partial charge in [0.1, 0.15) is 0 Å². The van der Waals surface area contributed by atoms with E-state index in [1.54, 1.807) is 23.9 Å². The van der Waals surface area contributed by atoms with Gasteiger partial charge in [0.05, 0.1) is 11.3 Å². The second-order valence-corrected chi connectivity index (χ2v) is 4.85. The number of carboxylic acids is 1. The lowest BCUT2D eigenvalue weighted by Crippen LogP contribution is -2.03. The van der Waals surface area contributed by atoms with E-state index in [1.807, 2.05) is 30.5 Å². The molecule has 0 unspecified atom stereocenters. The lowest BCUT2D eigenvalue weighted by atomic mass is 10.1. The third-order valence-electron chi connectivity index (χ3n) is 2.62. The van der Waals surface area contributed by atoms with Crippen LogP contribution in [0.25, 0.3) is 0 Å². The first kappa shape index (κ1) is 13.3. The van der Waals surface area contributed by atoms with Gasteiger partial charge in [-0.3, -0.25) is 0 Å². The quantitative estimate of drug-likeness (QED) is 0.588. The Morgan fingerprint density at radius 2 is 2.05 bits per heavy atom. The van der Waals surface area contributed by atoms with E-state index in [4.69, 9.17) is 10.8 Å². The molecular formula is C14H14N2O2S. The van der Waals surface area contributed by atoms with Gasteiger partial charge in [0, 0.05) is 16.3 Å². The lowest BCUT2D eigenvalue weighted by molar-refractivity contribution is 0.0698. The molecule has 0 aliphatic carbocycles. The molecule has 4 nitrogen and oxygen atoms in total. The van der Waals surface area contributed by atoms with Crippen LogP contribution in [0.2, 0.25) is 0 Å². The number of rotatable bonds is 4. The molecule has 0 radical (unpaired) electrons. The first-order chi connectivity index (χ1) is 9.10. The number of nitrogen functional groups attached to an aromatic ring is 1. The average molecular weight is 274 g/mol. The molecule has 98 valence electrons. The summed E-state index contributed by atoms with van der Waals surface area (Å²) in [5.41, 5.74) is 7.58.